The average molecular weight is 195 g/mol. The molecule has 0 aliphatic carbocycles. The van der Waals surface area contributed by atoms with Crippen LogP contribution in [0.1, 0.15) is 25.0 Å². The van der Waals surface area contributed by atoms with Gasteiger partial charge in [-0.3, -0.25) is 0 Å². The lowest BCUT2D eigenvalue weighted by atomic mass is 9.95. The van der Waals surface area contributed by atoms with Crippen LogP contribution in [0.25, 0.3) is 0 Å². The number of aliphatic hydroxyl groups is 1. The maximum Gasteiger partial charge on any atom is 0.0632 e. The van der Waals surface area contributed by atoms with E-state index in [2.05, 4.69) is 5.48 Å². The molecule has 0 heterocycles. The minimum Gasteiger partial charge on any atom is -0.390 e. The van der Waals surface area contributed by atoms with E-state index in [1.54, 1.807) is 13.8 Å². The van der Waals surface area contributed by atoms with Gasteiger partial charge in [0.15, 0.2) is 0 Å². The summed E-state index contributed by atoms with van der Waals surface area (Å²) in [5.74, 6) is 0. The van der Waals surface area contributed by atoms with Crippen molar-refractivity contribution in [3.8, 4) is 0 Å². The Morgan fingerprint density at radius 3 is 2.29 bits per heavy atom. The van der Waals surface area contributed by atoms with Crippen LogP contribution in [0.3, 0.4) is 0 Å². The van der Waals surface area contributed by atoms with Crippen molar-refractivity contribution >= 4 is 0 Å². The summed E-state index contributed by atoms with van der Waals surface area (Å²) in [7, 11) is 0. The third-order valence-corrected chi connectivity index (χ3v) is 2.01. The van der Waals surface area contributed by atoms with Crippen LogP contribution in [0.4, 0.5) is 0 Å². The van der Waals surface area contributed by atoms with Gasteiger partial charge in [0.05, 0.1) is 5.60 Å². The lowest BCUT2D eigenvalue weighted by molar-refractivity contribution is 0.0803. The van der Waals surface area contributed by atoms with Crippen LogP contribution in [0, 0.1) is 0 Å². The number of hydrogen-bond acceptors (Lipinski definition) is 3. The molecule has 78 valence electrons. The van der Waals surface area contributed by atoms with Crippen LogP contribution >= 0.6 is 0 Å². The van der Waals surface area contributed by atoms with Gasteiger partial charge in [-0.1, -0.05) is 24.3 Å². The first kappa shape index (κ1) is 11.2. The van der Waals surface area contributed by atoms with Gasteiger partial charge in [0.25, 0.3) is 0 Å². The van der Waals surface area contributed by atoms with Gasteiger partial charge in [-0.05, 0) is 25.0 Å². The van der Waals surface area contributed by atoms with E-state index >= 15 is 0 Å². The number of hydrogen-bond donors (Lipinski definition) is 3. The third kappa shape index (κ3) is 3.46. The van der Waals surface area contributed by atoms with E-state index in [0.717, 1.165) is 11.1 Å². The molecule has 1 aromatic carbocycles. The zero-order chi connectivity index (χ0) is 10.6. The van der Waals surface area contributed by atoms with Gasteiger partial charge in [-0.2, -0.15) is 0 Å². The quantitative estimate of drug-likeness (QED) is 0.638. The van der Waals surface area contributed by atoms with E-state index in [0.29, 0.717) is 13.0 Å². The molecule has 0 saturated carbocycles. The molecule has 0 aliphatic rings. The molecule has 0 saturated heterocycles. The first-order chi connectivity index (χ1) is 6.53. The Kier molecular flexibility index (Phi) is 3.63. The van der Waals surface area contributed by atoms with Gasteiger partial charge in [0, 0.05) is 13.0 Å². The average Bonchev–Trinajstić information content (AvgIpc) is 2.06. The number of rotatable bonds is 4. The first-order valence-corrected chi connectivity index (χ1v) is 4.69. The molecule has 1 aromatic rings. The molecule has 0 aromatic heterocycles. The second-order valence-corrected chi connectivity index (χ2v) is 4.09. The minimum absolute atomic E-state index is 0.409. The van der Waals surface area contributed by atoms with Crippen molar-refractivity contribution in [1.29, 1.82) is 0 Å². The van der Waals surface area contributed by atoms with Crippen LogP contribution < -0.4 is 5.48 Å². The highest BCUT2D eigenvalue weighted by atomic mass is 16.5. The Labute approximate surface area is 84.3 Å². The first-order valence-electron chi connectivity index (χ1n) is 4.69. The summed E-state index contributed by atoms with van der Waals surface area (Å²) in [6.45, 7) is 3.96. The lowest BCUT2D eigenvalue weighted by Gasteiger charge is -2.19. The van der Waals surface area contributed by atoms with Crippen LogP contribution in [0.15, 0.2) is 24.3 Å². The molecule has 0 bridgehead atoms. The monoisotopic (exact) mass is 195 g/mol. The molecule has 0 fully saturated rings. The fourth-order valence-corrected chi connectivity index (χ4v) is 1.45. The van der Waals surface area contributed by atoms with Gasteiger partial charge in [-0.25, -0.2) is 5.48 Å². The number of nitrogens with one attached hydrogen (secondary N) is 1. The van der Waals surface area contributed by atoms with E-state index in [9.17, 15) is 5.11 Å². The Bertz CT molecular complexity index is 292. The summed E-state index contributed by atoms with van der Waals surface area (Å²) in [4.78, 5) is 0. The van der Waals surface area contributed by atoms with E-state index < -0.39 is 5.60 Å². The predicted octanol–water partition coefficient (Wildman–Crippen LogP) is 1.48. The third-order valence-electron chi connectivity index (χ3n) is 2.01. The molecule has 3 nitrogen and oxygen atoms in total. The molecule has 0 atom stereocenters. The minimum atomic E-state index is -0.717. The molecule has 0 spiro atoms. The molecular weight excluding hydrogens is 178 g/mol. The van der Waals surface area contributed by atoms with Crippen LogP contribution in [-0.2, 0) is 13.0 Å². The molecule has 0 aliphatic heterocycles. The van der Waals surface area contributed by atoms with Crippen LogP contribution in [0.2, 0.25) is 0 Å². The predicted molar refractivity (Wildman–Crippen MR) is 55.1 cm³/mol. The van der Waals surface area contributed by atoms with Gasteiger partial charge in [0.2, 0.25) is 0 Å². The van der Waals surface area contributed by atoms with Crippen molar-refractivity contribution < 1.29 is 10.3 Å². The second kappa shape index (κ2) is 4.55. The molecule has 0 unspecified atom stereocenters. The highest BCUT2D eigenvalue weighted by Gasteiger charge is 2.15. The fraction of sp³-hybridized carbons (Fsp3) is 0.455. The Morgan fingerprint density at radius 2 is 1.79 bits per heavy atom. The molecule has 3 N–H and O–H groups in total. The van der Waals surface area contributed by atoms with Crippen molar-refractivity contribution in [2.75, 3.05) is 0 Å². The normalized spacial score (nSPS) is 11.7. The Hall–Kier alpha value is -0.900. The summed E-state index contributed by atoms with van der Waals surface area (Å²) >= 11 is 0. The summed E-state index contributed by atoms with van der Waals surface area (Å²) in [5, 5.41) is 18.3. The van der Waals surface area contributed by atoms with Gasteiger partial charge in [-0.15, -0.1) is 0 Å². The SMILES string of the molecule is CC(C)(O)Cc1ccccc1CNO. The summed E-state index contributed by atoms with van der Waals surface area (Å²) in [6, 6.07) is 7.75. The van der Waals surface area contributed by atoms with Crippen molar-refractivity contribution in [3.05, 3.63) is 35.4 Å². The van der Waals surface area contributed by atoms with Gasteiger partial charge >= 0.3 is 0 Å². The van der Waals surface area contributed by atoms with Gasteiger partial charge < -0.3 is 10.3 Å². The van der Waals surface area contributed by atoms with Crippen LogP contribution in [0.5, 0.6) is 0 Å². The van der Waals surface area contributed by atoms with Crippen LogP contribution in [-0.4, -0.2) is 15.9 Å². The van der Waals surface area contributed by atoms with E-state index in [1.807, 2.05) is 24.3 Å². The molecular formula is C11H17NO2. The number of hydroxylamine groups is 1. The zero-order valence-corrected chi connectivity index (χ0v) is 8.62. The molecule has 3 heteroatoms. The van der Waals surface area contributed by atoms with E-state index in [1.165, 1.54) is 0 Å². The van der Waals surface area contributed by atoms with Gasteiger partial charge in [0.1, 0.15) is 0 Å². The van der Waals surface area contributed by atoms with Crippen molar-refractivity contribution in [3.63, 3.8) is 0 Å². The van der Waals surface area contributed by atoms with E-state index in [4.69, 9.17) is 5.21 Å². The largest absolute Gasteiger partial charge is 0.390 e. The molecule has 1 rings (SSSR count). The summed E-state index contributed by atoms with van der Waals surface area (Å²) in [5.41, 5.74) is 3.48. The molecule has 0 radical (unpaired) electrons. The molecule has 0 amide bonds. The zero-order valence-electron chi connectivity index (χ0n) is 8.62. The van der Waals surface area contributed by atoms with E-state index in [-0.39, 0.29) is 0 Å². The maximum absolute atomic E-state index is 9.68. The van der Waals surface area contributed by atoms with Crippen molar-refractivity contribution in [1.82, 2.24) is 5.48 Å². The Morgan fingerprint density at radius 1 is 1.21 bits per heavy atom. The smallest absolute Gasteiger partial charge is 0.0632 e. The molecule has 14 heavy (non-hydrogen) atoms. The summed E-state index contributed by atoms with van der Waals surface area (Å²) < 4.78 is 0. The fourth-order valence-electron chi connectivity index (χ4n) is 1.45. The maximum atomic E-state index is 9.68. The Balaban J connectivity index is 2.84. The summed E-state index contributed by atoms with van der Waals surface area (Å²) in [6.07, 6.45) is 0.588. The lowest BCUT2D eigenvalue weighted by Crippen LogP contribution is -2.23. The highest BCUT2D eigenvalue weighted by molar-refractivity contribution is 5.28. The van der Waals surface area contributed by atoms with Crippen molar-refractivity contribution in [2.24, 2.45) is 0 Å². The topological polar surface area (TPSA) is 52.5 Å². The second-order valence-electron chi connectivity index (χ2n) is 4.09. The van der Waals surface area contributed by atoms with Crippen molar-refractivity contribution in [2.45, 2.75) is 32.4 Å². The number of benzene rings is 1. The highest BCUT2D eigenvalue weighted by Crippen LogP contribution is 2.16. The standard InChI is InChI=1S/C11H17NO2/c1-11(2,13)7-9-5-3-4-6-10(9)8-12-14/h3-6,12-14H,7-8H2,1-2H3.